The van der Waals surface area contributed by atoms with E-state index in [1.165, 1.54) is 4.90 Å². The van der Waals surface area contributed by atoms with Gasteiger partial charge in [-0.2, -0.15) is 0 Å². The van der Waals surface area contributed by atoms with Crippen LogP contribution >= 0.6 is 12.2 Å². The Labute approximate surface area is 204 Å². The topological polar surface area (TPSA) is 63.6 Å². The van der Waals surface area contributed by atoms with Crippen molar-refractivity contribution in [3.63, 3.8) is 0 Å². The number of thiocarbonyl (C=S) groups is 1. The summed E-state index contributed by atoms with van der Waals surface area (Å²) in [7, 11) is 0. The third-order valence-electron chi connectivity index (χ3n) is 5.61. The third kappa shape index (κ3) is 4.70. The van der Waals surface area contributed by atoms with Crippen LogP contribution in [0, 0.1) is 13.8 Å². The van der Waals surface area contributed by atoms with Gasteiger partial charge in [-0.25, -0.2) is 0 Å². The van der Waals surface area contributed by atoms with E-state index in [0.29, 0.717) is 6.61 Å². The van der Waals surface area contributed by atoms with Crippen molar-refractivity contribution >= 4 is 35.2 Å². The van der Waals surface area contributed by atoms with Crippen molar-refractivity contribution in [1.82, 2.24) is 14.8 Å². The van der Waals surface area contributed by atoms with Gasteiger partial charge in [0.25, 0.3) is 11.8 Å². The molecule has 1 saturated heterocycles. The number of amides is 2. The second-order valence-electron chi connectivity index (χ2n) is 7.95. The van der Waals surface area contributed by atoms with Crippen LogP contribution in [0.4, 0.5) is 0 Å². The summed E-state index contributed by atoms with van der Waals surface area (Å²) in [5.41, 5.74) is 4.78. The van der Waals surface area contributed by atoms with Crippen molar-refractivity contribution in [3.8, 4) is 11.4 Å². The highest BCUT2D eigenvalue weighted by Gasteiger charge is 2.32. The lowest BCUT2D eigenvalue weighted by Gasteiger charge is -2.27. The molecule has 0 unspecified atom stereocenters. The first kappa shape index (κ1) is 23.2. The number of hydrogen-bond donors (Lipinski definition) is 1. The van der Waals surface area contributed by atoms with Crippen molar-refractivity contribution in [2.75, 3.05) is 6.54 Å². The Morgan fingerprint density at radius 1 is 1.06 bits per heavy atom. The number of ether oxygens (including phenoxy) is 1. The Bertz CT molecular complexity index is 1290. The molecule has 34 heavy (non-hydrogen) atoms. The Morgan fingerprint density at radius 3 is 2.44 bits per heavy atom. The molecule has 4 rings (SSSR count). The number of nitrogens with zero attached hydrogens (tertiary/aromatic N) is 2. The molecule has 1 aliphatic heterocycles. The van der Waals surface area contributed by atoms with E-state index in [2.05, 4.69) is 16.5 Å². The minimum Gasteiger partial charge on any atom is -0.489 e. The predicted octanol–water partition coefficient (Wildman–Crippen LogP) is 4.49. The van der Waals surface area contributed by atoms with Crippen LogP contribution in [0.5, 0.6) is 5.75 Å². The molecule has 6 nitrogen and oxygen atoms in total. The summed E-state index contributed by atoms with van der Waals surface area (Å²) in [6.45, 7) is 8.32. The highest BCUT2D eigenvalue weighted by Crippen LogP contribution is 2.25. The minimum atomic E-state index is -0.500. The molecule has 2 amide bonds. The van der Waals surface area contributed by atoms with Gasteiger partial charge in [0.15, 0.2) is 5.11 Å². The molecule has 0 spiro atoms. The molecular weight excluding hydrogens is 446 g/mol. The fourth-order valence-corrected chi connectivity index (χ4v) is 4.16. The first-order valence-corrected chi connectivity index (χ1v) is 11.3. The number of rotatable bonds is 7. The van der Waals surface area contributed by atoms with Gasteiger partial charge < -0.3 is 9.30 Å². The molecule has 1 N–H and O–H groups in total. The number of benzene rings is 2. The molecule has 2 aromatic carbocycles. The molecule has 2 heterocycles. The van der Waals surface area contributed by atoms with E-state index in [0.717, 1.165) is 34.0 Å². The number of aryl methyl sites for hydroxylation is 1. The van der Waals surface area contributed by atoms with Gasteiger partial charge in [0.2, 0.25) is 0 Å². The van der Waals surface area contributed by atoms with Crippen LogP contribution in [0.25, 0.3) is 11.8 Å². The van der Waals surface area contributed by atoms with Crippen LogP contribution in [-0.4, -0.2) is 32.9 Å². The fourth-order valence-electron chi connectivity index (χ4n) is 3.91. The summed E-state index contributed by atoms with van der Waals surface area (Å²) in [6.07, 6.45) is 3.18. The second kappa shape index (κ2) is 9.89. The first-order chi connectivity index (χ1) is 16.4. The zero-order valence-corrected chi connectivity index (χ0v) is 19.9. The molecule has 1 aromatic heterocycles. The van der Waals surface area contributed by atoms with E-state index in [9.17, 15) is 9.59 Å². The molecule has 1 aliphatic rings. The van der Waals surface area contributed by atoms with Crippen LogP contribution in [0.3, 0.4) is 0 Å². The Morgan fingerprint density at radius 2 is 1.76 bits per heavy atom. The van der Waals surface area contributed by atoms with Crippen LogP contribution in [0.1, 0.15) is 22.5 Å². The summed E-state index contributed by atoms with van der Waals surface area (Å²) in [5, 5.41) is 2.67. The fraction of sp³-hybridized carbons (Fsp3) is 0.148. The smallest absolute Gasteiger partial charge is 0.265 e. The highest BCUT2D eigenvalue weighted by molar-refractivity contribution is 7.80. The second-order valence-corrected chi connectivity index (χ2v) is 8.34. The van der Waals surface area contributed by atoms with E-state index in [1.807, 2.05) is 74.5 Å². The van der Waals surface area contributed by atoms with Crippen molar-refractivity contribution < 1.29 is 14.3 Å². The van der Waals surface area contributed by atoms with Gasteiger partial charge in [0.05, 0.1) is 0 Å². The highest BCUT2D eigenvalue weighted by atomic mass is 32.1. The van der Waals surface area contributed by atoms with Gasteiger partial charge in [-0.15, -0.1) is 6.58 Å². The Balaban J connectivity index is 1.57. The monoisotopic (exact) mass is 471 g/mol. The van der Waals surface area contributed by atoms with Crippen LogP contribution < -0.4 is 10.1 Å². The van der Waals surface area contributed by atoms with E-state index < -0.39 is 11.8 Å². The van der Waals surface area contributed by atoms with Gasteiger partial charge in [-0.05, 0) is 73.6 Å². The lowest BCUT2D eigenvalue weighted by molar-refractivity contribution is -0.128. The van der Waals surface area contributed by atoms with Crippen molar-refractivity contribution in [2.45, 2.75) is 20.5 Å². The molecule has 0 radical (unpaired) electrons. The van der Waals surface area contributed by atoms with Crippen LogP contribution in [-0.2, 0) is 16.2 Å². The van der Waals surface area contributed by atoms with Gasteiger partial charge >= 0.3 is 0 Å². The first-order valence-electron chi connectivity index (χ1n) is 10.8. The number of carbonyl (C=O) groups is 2. The summed E-state index contributed by atoms with van der Waals surface area (Å²) in [5.74, 6) is -0.154. The average molecular weight is 472 g/mol. The van der Waals surface area contributed by atoms with E-state index >= 15 is 0 Å². The average Bonchev–Trinajstić information content (AvgIpc) is 3.11. The van der Waals surface area contributed by atoms with Crippen molar-refractivity contribution in [2.24, 2.45) is 0 Å². The number of aromatic nitrogens is 1. The molecule has 172 valence electrons. The van der Waals surface area contributed by atoms with E-state index in [4.69, 9.17) is 17.0 Å². The van der Waals surface area contributed by atoms with Gasteiger partial charge in [0, 0.05) is 23.6 Å². The molecule has 3 aromatic rings. The third-order valence-corrected chi connectivity index (χ3v) is 5.93. The Hall–Kier alpha value is -3.97. The number of carbonyl (C=O) groups excluding carboxylic acids is 2. The molecule has 0 aliphatic carbocycles. The lowest BCUT2D eigenvalue weighted by Crippen LogP contribution is -2.53. The maximum atomic E-state index is 12.9. The van der Waals surface area contributed by atoms with Gasteiger partial charge in [-0.1, -0.05) is 36.4 Å². The van der Waals surface area contributed by atoms with Crippen molar-refractivity contribution in [1.29, 1.82) is 0 Å². The largest absolute Gasteiger partial charge is 0.489 e. The zero-order chi connectivity index (χ0) is 24.2. The van der Waals surface area contributed by atoms with Crippen molar-refractivity contribution in [3.05, 3.63) is 101 Å². The molecular formula is C27H25N3O3S. The number of hydrogen-bond acceptors (Lipinski definition) is 4. The normalized spacial score (nSPS) is 14.9. The van der Waals surface area contributed by atoms with Gasteiger partial charge in [0.1, 0.15) is 17.9 Å². The standard InChI is InChI=1S/C27H25N3O3S/c1-4-14-29-26(32)24(25(31)28-27(29)34)16-21-15-18(2)30(19(21)3)22-10-12-23(13-11-22)33-17-20-8-6-5-7-9-20/h4-13,15-16H,1,14,17H2,2-3H3,(H,28,31,34)/b24-16+. The summed E-state index contributed by atoms with van der Waals surface area (Å²) >= 11 is 5.12. The van der Waals surface area contributed by atoms with Gasteiger partial charge in [-0.3, -0.25) is 19.8 Å². The van der Waals surface area contributed by atoms with E-state index in [1.54, 1.807) is 12.2 Å². The minimum absolute atomic E-state index is 0.0420. The summed E-state index contributed by atoms with van der Waals surface area (Å²) in [4.78, 5) is 26.7. The molecule has 0 atom stereocenters. The zero-order valence-electron chi connectivity index (χ0n) is 19.1. The molecule has 7 heteroatoms. The lowest BCUT2D eigenvalue weighted by atomic mass is 10.1. The van der Waals surface area contributed by atoms with E-state index in [-0.39, 0.29) is 17.2 Å². The molecule has 0 bridgehead atoms. The number of nitrogens with one attached hydrogen (secondary N) is 1. The summed E-state index contributed by atoms with van der Waals surface area (Å²) < 4.78 is 7.96. The molecule has 0 saturated carbocycles. The Kier molecular flexibility index (Phi) is 6.75. The molecule has 1 fully saturated rings. The quantitative estimate of drug-likeness (QED) is 0.239. The van der Waals surface area contributed by atoms with Crippen LogP contribution in [0.2, 0.25) is 0 Å². The predicted molar refractivity (Wildman–Crippen MR) is 137 cm³/mol. The maximum absolute atomic E-state index is 12.9. The maximum Gasteiger partial charge on any atom is 0.265 e. The SMILES string of the molecule is C=CCN1C(=O)/C(=C/c2cc(C)n(-c3ccc(OCc4ccccc4)cc3)c2C)C(=O)NC1=S. The van der Waals surface area contributed by atoms with Crippen LogP contribution in [0.15, 0.2) is 78.9 Å². The summed E-state index contributed by atoms with van der Waals surface area (Å²) in [6, 6.07) is 19.8.